The van der Waals surface area contributed by atoms with E-state index >= 15 is 0 Å². The summed E-state index contributed by atoms with van der Waals surface area (Å²) >= 11 is 5.77. The van der Waals surface area contributed by atoms with Gasteiger partial charge in [0.25, 0.3) is 6.29 Å². The van der Waals surface area contributed by atoms with Crippen molar-refractivity contribution in [3.8, 4) is 5.69 Å². The van der Waals surface area contributed by atoms with Gasteiger partial charge >= 0.3 is 0 Å². The topological polar surface area (TPSA) is 34.9 Å². The van der Waals surface area contributed by atoms with E-state index < -0.39 is 0 Å². The molecule has 0 bridgehead atoms. The van der Waals surface area contributed by atoms with Crippen LogP contribution in [0.15, 0.2) is 30.3 Å². The van der Waals surface area contributed by atoms with Gasteiger partial charge in [0.15, 0.2) is 0 Å². The predicted octanol–water partition coefficient (Wildman–Crippen LogP) is 2.29. The molecule has 0 spiro atoms. The predicted molar refractivity (Wildman–Crippen MR) is 58.1 cm³/mol. The lowest BCUT2D eigenvalue weighted by atomic mass is 10.3. The summed E-state index contributed by atoms with van der Waals surface area (Å²) < 4.78 is 1.54. The summed E-state index contributed by atoms with van der Waals surface area (Å²) in [5.74, 6) is 0. The lowest BCUT2D eigenvalue weighted by Gasteiger charge is -2.02. The Labute approximate surface area is 92.3 Å². The van der Waals surface area contributed by atoms with Gasteiger partial charge in [-0.2, -0.15) is 5.10 Å². The molecule has 0 unspecified atom stereocenters. The summed E-state index contributed by atoms with van der Waals surface area (Å²) in [6.07, 6.45) is 1.85. The second-order valence-corrected chi connectivity index (χ2v) is 3.60. The van der Waals surface area contributed by atoms with Gasteiger partial charge in [0.2, 0.25) is 0 Å². The summed E-state index contributed by atoms with van der Waals surface area (Å²) in [5.41, 5.74) is 1.99. The lowest BCUT2D eigenvalue weighted by Crippen LogP contribution is -2.00. The number of aromatic nitrogens is 2. The molecule has 0 saturated heterocycles. The highest BCUT2D eigenvalue weighted by molar-refractivity contribution is 6.30. The first kappa shape index (κ1) is 9.93. The molecule has 0 saturated carbocycles. The Morgan fingerprint density at radius 3 is 2.60 bits per heavy atom. The van der Waals surface area contributed by atoms with Crippen LogP contribution in [0.1, 0.15) is 11.4 Å². The van der Waals surface area contributed by atoms with Gasteiger partial charge in [0, 0.05) is 5.02 Å². The second-order valence-electron chi connectivity index (χ2n) is 3.16. The van der Waals surface area contributed by atoms with E-state index in [1.807, 2.05) is 13.2 Å². The Hall–Kier alpha value is -1.61. The quantitative estimate of drug-likeness (QED) is 0.777. The van der Waals surface area contributed by atoms with Gasteiger partial charge in [-0.3, -0.25) is 4.79 Å². The molecule has 0 N–H and O–H groups in total. The molecule has 2 aromatic rings. The lowest BCUT2D eigenvalue weighted by molar-refractivity contribution is 0.559. The molecule has 0 aliphatic rings. The standard InChI is InChI=1S/C11H8ClN2O/c1-8-6-11(7-15)14(13-8)10-4-2-9(12)3-5-10/h2-6H,1H3. The largest absolute Gasteiger partial charge is 0.283 e. The zero-order chi connectivity index (χ0) is 10.8. The van der Waals surface area contributed by atoms with Gasteiger partial charge in [-0.05, 0) is 37.3 Å². The third-order valence-electron chi connectivity index (χ3n) is 2.01. The number of aryl methyl sites for hydroxylation is 1. The van der Waals surface area contributed by atoms with Gasteiger partial charge in [0.1, 0.15) is 5.69 Å². The van der Waals surface area contributed by atoms with Crippen LogP contribution in [0, 0.1) is 6.92 Å². The van der Waals surface area contributed by atoms with Crippen molar-refractivity contribution < 1.29 is 4.79 Å². The highest BCUT2D eigenvalue weighted by atomic mass is 35.5. The zero-order valence-corrected chi connectivity index (χ0v) is 8.82. The van der Waals surface area contributed by atoms with Crippen LogP contribution in [0.5, 0.6) is 0 Å². The number of nitrogens with zero attached hydrogens (tertiary/aromatic N) is 2. The molecule has 2 rings (SSSR count). The summed E-state index contributed by atoms with van der Waals surface area (Å²) in [6, 6.07) is 8.79. The van der Waals surface area contributed by atoms with Crippen LogP contribution in [0.2, 0.25) is 5.02 Å². The van der Waals surface area contributed by atoms with E-state index in [0.29, 0.717) is 10.7 Å². The van der Waals surface area contributed by atoms with Crippen molar-refractivity contribution in [1.82, 2.24) is 9.78 Å². The van der Waals surface area contributed by atoms with E-state index in [0.717, 1.165) is 11.4 Å². The summed E-state index contributed by atoms with van der Waals surface area (Å²) in [7, 11) is 0. The van der Waals surface area contributed by atoms with E-state index in [1.54, 1.807) is 35.0 Å². The van der Waals surface area contributed by atoms with Crippen molar-refractivity contribution in [3.05, 3.63) is 46.7 Å². The van der Waals surface area contributed by atoms with E-state index in [2.05, 4.69) is 5.10 Å². The maximum absolute atomic E-state index is 10.7. The Kier molecular flexibility index (Phi) is 2.56. The first-order valence-electron chi connectivity index (χ1n) is 4.41. The molecule has 1 aromatic heterocycles. The Morgan fingerprint density at radius 1 is 1.33 bits per heavy atom. The smallest absolute Gasteiger partial charge is 0.253 e. The highest BCUT2D eigenvalue weighted by Crippen LogP contribution is 2.14. The average Bonchev–Trinajstić information content (AvgIpc) is 2.61. The number of halogens is 1. The van der Waals surface area contributed by atoms with Crippen molar-refractivity contribution in [2.24, 2.45) is 0 Å². The molecule has 0 amide bonds. The van der Waals surface area contributed by atoms with Crippen molar-refractivity contribution in [2.45, 2.75) is 6.92 Å². The van der Waals surface area contributed by atoms with Crippen molar-refractivity contribution in [1.29, 1.82) is 0 Å². The maximum Gasteiger partial charge on any atom is 0.253 e. The average molecular weight is 220 g/mol. The van der Waals surface area contributed by atoms with Crippen molar-refractivity contribution >= 4 is 17.9 Å². The van der Waals surface area contributed by atoms with Crippen LogP contribution in [-0.4, -0.2) is 16.1 Å². The molecule has 1 radical (unpaired) electrons. The molecule has 1 heterocycles. The number of benzene rings is 1. The maximum atomic E-state index is 10.7. The van der Waals surface area contributed by atoms with Crippen LogP contribution in [0.4, 0.5) is 0 Å². The number of hydrogen-bond acceptors (Lipinski definition) is 2. The molecule has 15 heavy (non-hydrogen) atoms. The fourth-order valence-electron chi connectivity index (χ4n) is 1.35. The number of hydrogen-bond donors (Lipinski definition) is 0. The van der Waals surface area contributed by atoms with Gasteiger partial charge in [-0.1, -0.05) is 11.6 Å². The molecule has 75 valence electrons. The molecule has 0 aliphatic carbocycles. The Morgan fingerprint density at radius 2 is 2.00 bits per heavy atom. The molecule has 4 heteroatoms. The van der Waals surface area contributed by atoms with E-state index in [-0.39, 0.29) is 0 Å². The van der Waals surface area contributed by atoms with Gasteiger partial charge in [-0.15, -0.1) is 0 Å². The summed E-state index contributed by atoms with van der Waals surface area (Å²) in [5, 5.41) is 4.84. The van der Waals surface area contributed by atoms with Crippen LogP contribution in [-0.2, 0) is 4.79 Å². The number of carbonyl (C=O) groups excluding carboxylic acids is 1. The minimum absolute atomic E-state index is 0.412. The Balaban J connectivity index is 2.52. The number of rotatable bonds is 2. The van der Waals surface area contributed by atoms with Crippen LogP contribution in [0.25, 0.3) is 5.69 Å². The third kappa shape index (κ3) is 1.92. The minimum Gasteiger partial charge on any atom is -0.283 e. The second kappa shape index (κ2) is 3.87. The van der Waals surface area contributed by atoms with Crippen molar-refractivity contribution in [3.63, 3.8) is 0 Å². The van der Waals surface area contributed by atoms with Crippen LogP contribution < -0.4 is 0 Å². The molecular formula is C11H8ClN2O. The van der Waals surface area contributed by atoms with Crippen LogP contribution in [0.3, 0.4) is 0 Å². The highest BCUT2D eigenvalue weighted by Gasteiger charge is 2.06. The Bertz CT molecular complexity index is 488. The van der Waals surface area contributed by atoms with Gasteiger partial charge < -0.3 is 0 Å². The molecule has 1 aromatic carbocycles. The first-order valence-corrected chi connectivity index (χ1v) is 4.79. The van der Waals surface area contributed by atoms with Crippen LogP contribution >= 0.6 is 11.6 Å². The van der Waals surface area contributed by atoms with E-state index in [4.69, 9.17) is 11.6 Å². The monoisotopic (exact) mass is 219 g/mol. The summed E-state index contributed by atoms with van der Waals surface area (Å²) in [6.45, 7) is 1.83. The van der Waals surface area contributed by atoms with E-state index in [9.17, 15) is 4.79 Å². The fraction of sp³-hybridized carbons (Fsp3) is 0.0909. The molecule has 0 fully saturated rings. The fourth-order valence-corrected chi connectivity index (χ4v) is 1.48. The van der Waals surface area contributed by atoms with Crippen molar-refractivity contribution in [2.75, 3.05) is 0 Å². The molecular weight excluding hydrogens is 212 g/mol. The van der Waals surface area contributed by atoms with Gasteiger partial charge in [-0.25, -0.2) is 4.68 Å². The summed E-state index contributed by atoms with van der Waals surface area (Å²) in [4.78, 5) is 10.7. The SMILES string of the molecule is Cc1cc([C]=O)n(-c2ccc(Cl)cc2)n1. The third-order valence-corrected chi connectivity index (χ3v) is 2.26. The normalized spacial score (nSPS) is 10.3. The molecule has 0 atom stereocenters. The minimum atomic E-state index is 0.412. The zero-order valence-electron chi connectivity index (χ0n) is 8.07. The van der Waals surface area contributed by atoms with Gasteiger partial charge in [0.05, 0.1) is 11.4 Å². The molecule has 0 aliphatic heterocycles. The first-order chi connectivity index (χ1) is 7.20. The van der Waals surface area contributed by atoms with E-state index in [1.165, 1.54) is 0 Å². The molecule has 3 nitrogen and oxygen atoms in total.